The molecular formula is C25H30N2O6. The number of benzene rings is 2. The van der Waals surface area contributed by atoms with E-state index < -0.39 is 30.6 Å². The quantitative estimate of drug-likeness (QED) is 0.508. The Morgan fingerprint density at radius 3 is 2.12 bits per heavy atom. The number of ether oxygens (including phenoxy) is 1. The van der Waals surface area contributed by atoms with Gasteiger partial charge in [0.2, 0.25) is 5.91 Å². The number of carboxylic acids is 1. The van der Waals surface area contributed by atoms with Gasteiger partial charge in [0.05, 0.1) is 6.61 Å². The Kier molecular flexibility index (Phi) is 8.06. The maximum Gasteiger partial charge on any atom is 0.407 e. The van der Waals surface area contributed by atoms with Gasteiger partial charge in [0.25, 0.3) is 0 Å². The van der Waals surface area contributed by atoms with Crippen molar-refractivity contribution in [2.24, 2.45) is 5.92 Å². The summed E-state index contributed by atoms with van der Waals surface area (Å²) in [6, 6.07) is 15.0. The third-order valence-electron chi connectivity index (χ3n) is 5.65. The molecule has 0 unspecified atom stereocenters. The van der Waals surface area contributed by atoms with Crippen LogP contribution in [-0.4, -0.2) is 65.4 Å². The summed E-state index contributed by atoms with van der Waals surface area (Å²) < 4.78 is 5.54. The molecule has 8 heteroatoms. The van der Waals surface area contributed by atoms with Crippen molar-refractivity contribution in [3.8, 4) is 11.1 Å². The number of rotatable bonds is 10. The van der Waals surface area contributed by atoms with Crippen molar-refractivity contribution in [3.05, 3.63) is 59.7 Å². The molecule has 2 aromatic carbocycles. The lowest BCUT2D eigenvalue weighted by Crippen LogP contribution is -2.51. The minimum Gasteiger partial charge on any atom is -0.480 e. The Balaban J connectivity index is 1.70. The van der Waals surface area contributed by atoms with E-state index in [1.54, 1.807) is 0 Å². The molecule has 0 saturated carbocycles. The average Bonchev–Trinajstić information content (AvgIpc) is 3.09. The van der Waals surface area contributed by atoms with Gasteiger partial charge in [-0.15, -0.1) is 0 Å². The van der Waals surface area contributed by atoms with Gasteiger partial charge in [0.1, 0.15) is 19.2 Å². The number of nitrogens with one attached hydrogen (secondary N) is 1. The van der Waals surface area contributed by atoms with Crippen LogP contribution >= 0.6 is 0 Å². The molecular weight excluding hydrogens is 424 g/mol. The number of fused-ring (bicyclic) bond motifs is 3. The fourth-order valence-corrected chi connectivity index (χ4v) is 4.25. The monoisotopic (exact) mass is 454 g/mol. The number of hydrogen-bond donors (Lipinski definition) is 3. The predicted molar refractivity (Wildman–Crippen MR) is 123 cm³/mol. The highest BCUT2D eigenvalue weighted by Crippen LogP contribution is 2.44. The Morgan fingerprint density at radius 1 is 1.03 bits per heavy atom. The number of carbonyl (C=O) groups is 3. The van der Waals surface area contributed by atoms with Crippen LogP contribution in [0.5, 0.6) is 0 Å². The van der Waals surface area contributed by atoms with Crippen LogP contribution in [0.15, 0.2) is 48.5 Å². The summed E-state index contributed by atoms with van der Waals surface area (Å²) in [6.45, 7) is 2.84. The molecule has 0 radical (unpaired) electrons. The molecule has 33 heavy (non-hydrogen) atoms. The number of nitrogens with zero attached hydrogens (tertiary/aromatic N) is 1. The highest BCUT2D eigenvalue weighted by molar-refractivity contribution is 5.88. The number of carbonyl (C=O) groups excluding carboxylic acids is 2. The van der Waals surface area contributed by atoms with Crippen LogP contribution in [0.2, 0.25) is 0 Å². The normalized spacial score (nSPS) is 13.2. The lowest BCUT2D eigenvalue weighted by Gasteiger charge is -2.27. The summed E-state index contributed by atoms with van der Waals surface area (Å²) in [4.78, 5) is 37.7. The minimum atomic E-state index is -1.19. The van der Waals surface area contributed by atoms with E-state index in [1.165, 1.54) is 0 Å². The maximum atomic E-state index is 12.9. The van der Waals surface area contributed by atoms with E-state index in [-0.39, 0.29) is 31.6 Å². The van der Waals surface area contributed by atoms with Crippen molar-refractivity contribution in [1.29, 1.82) is 0 Å². The van der Waals surface area contributed by atoms with Crippen LogP contribution in [0.3, 0.4) is 0 Å². The molecule has 0 saturated heterocycles. The van der Waals surface area contributed by atoms with E-state index in [0.29, 0.717) is 6.42 Å². The van der Waals surface area contributed by atoms with Gasteiger partial charge in [0.15, 0.2) is 0 Å². The van der Waals surface area contributed by atoms with E-state index in [9.17, 15) is 19.5 Å². The first-order valence-electron chi connectivity index (χ1n) is 11.0. The zero-order valence-corrected chi connectivity index (χ0v) is 18.9. The van der Waals surface area contributed by atoms with Crippen LogP contribution < -0.4 is 5.32 Å². The number of carboxylic acid groups (broad SMARTS) is 1. The van der Waals surface area contributed by atoms with Crippen molar-refractivity contribution in [1.82, 2.24) is 10.2 Å². The van der Waals surface area contributed by atoms with Gasteiger partial charge in [-0.2, -0.15) is 0 Å². The second-order valence-electron chi connectivity index (χ2n) is 8.53. The second kappa shape index (κ2) is 11.0. The number of alkyl carbamates (subject to hydrolysis) is 1. The molecule has 176 valence electrons. The zero-order valence-electron chi connectivity index (χ0n) is 18.9. The maximum absolute atomic E-state index is 12.9. The number of hydrogen-bond acceptors (Lipinski definition) is 5. The lowest BCUT2D eigenvalue weighted by molar-refractivity contribution is -0.145. The van der Waals surface area contributed by atoms with E-state index >= 15 is 0 Å². The number of amides is 2. The predicted octanol–water partition coefficient (Wildman–Crippen LogP) is 2.85. The molecule has 3 N–H and O–H groups in total. The molecule has 0 aliphatic heterocycles. The van der Waals surface area contributed by atoms with Gasteiger partial charge in [-0.25, -0.2) is 4.79 Å². The molecule has 0 fully saturated rings. The highest BCUT2D eigenvalue weighted by atomic mass is 16.5. The van der Waals surface area contributed by atoms with Gasteiger partial charge in [-0.05, 0) is 34.6 Å². The molecule has 8 nitrogen and oxygen atoms in total. The summed E-state index contributed by atoms with van der Waals surface area (Å²) in [5.41, 5.74) is 4.39. The first-order valence-corrected chi connectivity index (χ1v) is 11.0. The number of aliphatic hydroxyl groups excluding tert-OH is 1. The van der Waals surface area contributed by atoms with Crippen LogP contribution in [-0.2, 0) is 14.3 Å². The van der Waals surface area contributed by atoms with Crippen molar-refractivity contribution in [2.75, 3.05) is 26.3 Å². The zero-order chi connectivity index (χ0) is 24.0. The molecule has 2 aromatic rings. The summed E-state index contributed by atoms with van der Waals surface area (Å²) in [5, 5.41) is 20.9. The highest BCUT2D eigenvalue weighted by Gasteiger charge is 2.31. The first kappa shape index (κ1) is 24.3. The van der Waals surface area contributed by atoms with E-state index in [1.807, 2.05) is 62.4 Å². The van der Waals surface area contributed by atoms with Crippen LogP contribution in [0.4, 0.5) is 4.79 Å². The Labute approximate surface area is 193 Å². The van der Waals surface area contributed by atoms with Crippen molar-refractivity contribution in [2.45, 2.75) is 32.2 Å². The summed E-state index contributed by atoms with van der Waals surface area (Å²) in [7, 11) is 0. The molecule has 0 heterocycles. The standard InChI is InChI=1S/C25H30N2O6/c1-16(2)13-22(24(31)27(11-12-28)14-23(29)30)26-25(32)33-15-21-19-9-5-3-7-17(19)18-8-4-6-10-20(18)21/h3-10,16,21-22,28H,11-15H2,1-2H3,(H,26,32)(H,29,30)/t22-/m1/s1. The van der Waals surface area contributed by atoms with Crippen LogP contribution in [0, 0.1) is 5.92 Å². The minimum absolute atomic E-state index is 0.0636. The molecule has 0 bridgehead atoms. The smallest absolute Gasteiger partial charge is 0.407 e. The van der Waals surface area contributed by atoms with Crippen molar-refractivity contribution < 1.29 is 29.3 Å². The van der Waals surface area contributed by atoms with Crippen LogP contribution in [0.1, 0.15) is 37.3 Å². The Hall–Kier alpha value is -3.39. The molecule has 0 spiro atoms. The van der Waals surface area contributed by atoms with Gasteiger partial charge in [-0.3, -0.25) is 9.59 Å². The van der Waals surface area contributed by atoms with E-state index in [2.05, 4.69) is 5.32 Å². The largest absolute Gasteiger partial charge is 0.480 e. The third-order valence-corrected chi connectivity index (χ3v) is 5.65. The van der Waals surface area contributed by atoms with Gasteiger partial charge in [-0.1, -0.05) is 62.4 Å². The molecule has 0 aromatic heterocycles. The van der Waals surface area contributed by atoms with Crippen molar-refractivity contribution >= 4 is 18.0 Å². The van der Waals surface area contributed by atoms with Gasteiger partial charge < -0.3 is 25.2 Å². The van der Waals surface area contributed by atoms with Crippen LogP contribution in [0.25, 0.3) is 11.1 Å². The lowest BCUT2D eigenvalue weighted by atomic mass is 9.98. The molecule has 1 atom stereocenters. The molecule has 1 aliphatic carbocycles. The first-order chi connectivity index (χ1) is 15.8. The Bertz CT molecular complexity index is 960. The van der Waals surface area contributed by atoms with Gasteiger partial charge in [0, 0.05) is 12.5 Å². The van der Waals surface area contributed by atoms with E-state index in [4.69, 9.17) is 9.84 Å². The Morgan fingerprint density at radius 2 is 1.61 bits per heavy atom. The summed E-state index contributed by atoms with van der Waals surface area (Å²) in [6.07, 6.45) is -0.431. The third kappa shape index (κ3) is 5.90. The molecule has 2 amide bonds. The second-order valence-corrected chi connectivity index (χ2v) is 8.53. The number of aliphatic carboxylic acids is 1. The molecule has 3 rings (SSSR count). The fraction of sp³-hybridized carbons (Fsp3) is 0.400. The fourth-order valence-electron chi connectivity index (χ4n) is 4.25. The molecule has 1 aliphatic rings. The summed E-state index contributed by atoms with van der Waals surface area (Å²) >= 11 is 0. The topological polar surface area (TPSA) is 116 Å². The SMILES string of the molecule is CC(C)C[C@@H](NC(=O)OCC1c2ccccc2-c2ccccc21)C(=O)N(CCO)CC(=O)O. The van der Waals surface area contributed by atoms with E-state index in [0.717, 1.165) is 27.2 Å². The average molecular weight is 455 g/mol. The van der Waals surface area contributed by atoms with Crippen molar-refractivity contribution in [3.63, 3.8) is 0 Å². The van der Waals surface area contributed by atoms with Gasteiger partial charge >= 0.3 is 12.1 Å². The number of aliphatic hydroxyl groups is 1. The summed E-state index contributed by atoms with van der Waals surface area (Å²) in [5.74, 6) is -1.80.